The van der Waals surface area contributed by atoms with Crippen molar-refractivity contribution in [1.82, 2.24) is 5.32 Å². The smallest absolute Gasteiger partial charge is 0.224 e. The summed E-state index contributed by atoms with van der Waals surface area (Å²) in [5, 5.41) is 2.92. The van der Waals surface area contributed by atoms with Crippen LogP contribution < -0.4 is 19.5 Å². The van der Waals surface area contributed by atoms with Crippen LogP contribution in [0.2, 0.25) is 0 Å². The lowest BCUT2D eigenvalue weighted by molar-refractivity contribution is -0.121. The van der Waals surface area contributed by atoms with Crippen molar-refractivity contribution >= 4 is 5.91 Å². The molecule has 0 spiro atoms. The summed E-state index contributed by atoms with van der Waals surface area (Å²) in [4.78, 5) is 12.3. The van der Waals surface area contributed by atoms with Crippen LogP contribution in [0.15, 0.2) is 36.4 Å². The third-order valence-corrected chi connectivity index (χ3v) is 4.22. The topological polar surface area (TPSA) is 56.8 Å². The zero-order valence-corrected chi connectivity index (χ0v) is 17.0. The maximum absolute atomic E-state index is 13.8. The fourth-order valence-corrected chi connectivity index (χ4v) is 2.71. The molecule has 6 heteroatoms. The van der Waals surface area contributed by atoms with Gasteiger partial charge in [-0.3, -0.25) is 4.79 Å². The van der Waals surface area contributed by atoms with E-state index in [-0.39, 0.29) is 24.1 Å². The van der Waals surface area contributed by atoms with Crippen molar-refractivity contribution in [3.63, 3.8) is 0 Å². The lowest BCUT2D eigenvalue weighted by atomic mass is 10.1. The zero-order chi connectivity index (χ0) is 20.7. The van der Waals surface area contributed by atoms with E-state index in [0.717, 1.165) is 5.56 Å². The van der Waals surface area contributed by atoms with Gasteiger partial charge in [0, 0.05) is 0 Å². The number of carbonyl (C=O) groups excluding carboxylic acids is 1. The summed E-state index contributed by atoms with van der Waals surface area (Å²) >= 11 is 0. The Kier molecular flexibility index (Phi) is 7.67. The highest BCUT2D eigenvalue weighted by Crippen LogP contribution is 2.30. The lowest BCUT2D eigenvalue weighted by Crippen LogP contribution is -2.28. The molecule has 2 rings (SSSR count). The van der Waals surface area contributed by atoms with Crippen molar-refractivity contribution < 1.29 is 23.4 Å². The summed E-state index contributed by atoms with van der Waals surface area (Å²) in [5.74, 6) is 1.18. The van der Waals surface area contributed by atoms with Crippen LogP contribution in [0.3, 0.4) is 0 Å². The summed E-state index contributed by atoms with van der Waals surface area (Å²) in [5.41, 5.74) is 1.47. The third-order valence-electron chi connectivity index (χ3n) is 4.22. The van der Waals surface area contributed by atoms with Gasteiger partial charge in [-0.15, -0.1) is 0 Å². The Balaban J connectivity index is 2.02. The third kappa shape index (κ3) is 5.87. The predicted octanol–water partition coefficient (Wildman–Crippen LogP) is 4.30. The molecule has 5 nitrogen and oxygen atoms in total. The van der Waals surface area contributed by atoms with Gasteiger partial charge < -0.3 is 19.5 Å². The first-order valence-corrected chi connectivity index (χ1v) is 9.26. The van der Waals surface area contributed by atoms with Gasteiger partial charge in [-0.2, -0.15) is 0 Å². The van der Waals surface area contributed by atoms with Crippen LogP contribution in [0.25, 0.3) is 0 Å². The molecule has 1 atom stereocenters. The molecule has 0 aliphatic rings. The van der Waals surface area contributed by atoms with Crippen LogP contribution in [0.4, 0.5) is 4.39 Å². The molecule has 0 heterocycles. The average Bonchev–Trinajstić information content (AvgIpc) is 2.66. The molecular weight excluding hydrogens is 361 g/mol. The van der Waals surface area contributed by atoms with E-state index in [1.54, 1.807) is 13.2 Å². The summed E-state index contributed by atoms with van der Waals surface area (Å²) in [6.07, 6.45) is 0.0813. The van der Waals surface area contributed by atoms with Crippen LogP contribution in [0.5, 0.6) is 17.2 Å². The molecule has 0 aliphatic carbocycles. The van der Waals surface area contributed by atoms with Gasteiger partial charge in [-0.1, -0.05) is 26.0 Å². The van der Waals surface area contributed by atoms with E-state index in [2.05, 4.69) is 19.2 Å². The Labute approximate surface area is 165 Å². The lowest BCUT2D eigenvalue weighted by Gasteiger charge is -2.18. The zero-order valence-electron chi connectivity index (χ0n) is 17.0. The standard InChI is InChI=1S/C22H28FNO4/c1-14(2)13-28-20-9-7-17(12-21(20)27-5)15(3)24-22(25)11-16-6-8-19(26-4)18(23)10-16/h6-10,12,14-15H,11,13H2,1-5H3,(H,24,25)/t15-/m1/s1. The molecule has 28 heavy (non-hydrogen) atoms. The highest BCUT2D eigenvalue weighted by atomic mass is 19.1. The minimum atomic E-state index is -0.484. The van der Waals surface area contributed by atoms with Gasteiger partial charge in [0.15, 0.2) is 23.1 Å². The van der Waals surface area contributed by atoms with E-state index in [9.17, 15) is 9.18 Å². The Morgan fingerprint density at radius 2 is 1.68 bits per heavy atom. The first-order valence-electron chi connectivity index (χ1n) is 9.26. The van der Waals surface area contributed by atoms with Gasteiger partial charge in [0.1, 0.15) is 0 Å². The highest BCUT2D eigenvalue weighted by Gasteiger charge is 2.14. The highest BCUT2D eigenvalue weighted by molar-refractivity contribution is 5.79. The molecule has 2 aromatic rings. The van der Waals surface area contributed by atoms with Crippen molar-refractivity contribution in [2.24, 2.45) is 5.92 Å². The van der Waals surface area contributed by atoms with Gasteiger partial charge in [0.05, 0.1) is 33.3 Å². The molecule has 1 amide bonds. The van der Waals surface area contributed by atoms with Crippen LogP contribution in [-0.4, -0.2) is 26.7 Å². The molecule has 0 fully saturated rings. The molecule has 0 aliphatic heterocycles. The maximum atomic E-state index is 13.8. The second kappa shape index (κ2) is 9.97. The Bertz CT molecular complexity index is 807. The van der Waals surface area contributed by atoms with Crippen molar-refractivity contribution in [2.75, 3.05) is 20.8 Å². The van der Waals surface area contributed by atoms with E-state index >= 15 is 0 Å². The average molecular weight is 389 g/mol. The largest absolute Gasteiger partial charge is 0.494 e. The number of hydrogen-bond donors (Lipinski definition) is 1. The van der Waals surface area contributed by atoms with E-state index in [1.807, 2.05) is 25.1 Å². The Morgan fingerprint density at radius 1 is 1.00 bits per heavy atom. The first kappa shape index (κ1) is 21.5. The molecular formula is C22H28FNO4. The van der Waals surface area contributed by atoms with Crippen molar-refractivity contribution in [2.45, 2.75) is 33.2 Å². The molecule has 0 saturated carbocycles. The van der Waals surface area contributed by atoms with Crippen molar-refractivity contribution in [3.05, 3.63) is 53.3 Å². The number of benzene rings is 2. The first-order chi connectivity index (χ1) is 13.3. The molecule has 1 N–H and O–H groups in total. The van der Waals surface area contributed by atoms with E-state index in [0.29, 0.717) is 29.6 Å². The molecule has 0 bridgehead atoms. The molecule has 2 aromatic carbocycles. The number of hydrogen-bond acceptors (Lipinski definition) is 4. The van der Waals surface area contributed by atoms with Crippen molar-refractivity contribution in [3.8, 4) is 17.2 Å². The Hall–Kier alpha value is -2.76. The van der Waals surface area contributed by atoms with Crippen LogP contribution in [0, 0.1) is 11.7 Å². The summed E-state index contributed by atoms with van der Waals surface area (Å²) < 4.78 is 29.8. The molecule has 0 radical (unpaired) electrons. The number of halogens is 1. The molecule has 152 valence electrons. The summed E-state index contributed by atoms with van der Waals surface area (Å²) in [7, 11) is 2.99. The monoisotopic (exact) mass is 389 g/mol. The number of rotatable bonds is 9. The van der Waals surface area contributed by atoms with E-state index < -0.39 is 5.82 Å². The fraction of sp³-hybridized carbons (Fsp3) is 0.409. The van der Waals surface area contributed by atoms with Gasteiger partial charge in [0.25, 0.3) is 0 Å². The van der Waals surface area contributed by atoms with E-state index in [4.69, 9.17) is 14.2 Å². The minimum Gasteiger partial charge on any atom is -0.494 e. The second-order valence-corrected chi connectivity index (χ2v) is 7.05. The van der Waals surface area contributed by atoms with E-state index in [1.165, 1.54) is 19.2 Å². The predicted molar refractivity (Wildman–Crippen MR) is 107 cm³/mol. The quantitative estimate of drug-likeness (QED) is 0.695. The van der Waals surface area contributed by atoms with Gasteiger partial charge in [0.2, 0.25) is 5.91 Å². The molecule has 0 unspecified atom stereocenters. The fourth-order valence-electron chi connectivity index (χ4n) is 2.71. The molecule has 0 aromatic heterocycles. The number of nitrogens with one attached hydrogen (secondary N) is 1. The SMILES string of the molecule is COc1ccc(CC(=O)N[C@H](C)c2ccc(OCC(C)C)c(OC)c2)cc1F. The van der Waals surface area contributed by atoms with Gasteiger partial charge >= 0.3 is 0 Å². The summed E-state index contributed by atoms with van der Waals surface area (Å²) in [6, 6.07) is 9.87. The van der Waals surface area contributed by atoms with Crippen LogP contribution in [-0.2, 0) is 11.2 Å². The van der Waals surface area contributed by atoms with Crippen molar-refractivity contribution in [1.29, 1.82) is 0 Å². The maximum Gasteiger partial charge on any atom is 0.224 e. The second-order valence-electron chi connectivity index (χ2n) is 7.05. The molecule has 0 saturated heterocycles. The number of carbonyl (C=O) groups is 1. The number of amides is 1. The Morgan fingerprint density at radius 3 is 2.29 bits per heavy atom. The minimum absolute atomic E-state index is 0.0813. The van der Waals surface area contributed by atoms with Crippen LogP contribution >= 0.6 is 0 Å². The van der Waals surface area contributed by atoms with Crippen LogP contribution in [0.1, 0.15) is 37.9 Å². The normalized spacial score (nSPS) is 11.8. The van der Waals surface area contributed by atoms with Gasteiger partial charge in [-0.05, 0) is 48.2 Å². The number of methoxy groups -OCH3 is 2. The summed E-state index contributed by atoms with van der Waals surface area (Å²) in [6.45, 7) is 6.64. The number of ether oxygens (including phenoxy) is 3. The van der Waals surface area contributed by atoms with Gasteiger partial charge in [-0.25, -0.2) is 4.39 Å².